The predicted molar refractivity (Wildman–Crippen MR) is 70.7 cm³/mol. The Hall–Kier alpha value is -0.0400. The first kappa shape index (κ1) is 12.4. The Labute approximate surface area is 101 Å². The highest BCUT2D eigenvalue weighted by molar-refractivity contribution is 4.81. The lowest BCUT2D eigenvalue weighted by molar-refractivity contribution is 0.303. The normalized spacial score (nSPS) is 27.6. The lowest BCUT2D eigenvalue weighted by atomic mass is 9.93. The van der Waals surface area contributed by atoms with E-state index in [9.17, 15) is 0 Å². The van der Waals surface area contributed by atoms with Gasteiger partial charge in [0.15, 0.2) is 0 Å². The van der Waals surface area contributed by atoms with E-state index in [1.807, 2.05) is 0 Å². The maximum atomic E-state index is 3.93. The van der Waals surface area contributed by atoms with Crippen molar-refractivity contribution in [3.05, 3.63) is 0 Å². The Morgan fingerprint density at radius 2 is 1.25 bits per heavy atom. The molecule has 1 heteroatoms. The van der Waals surface area contributed by atoms with Gasteiger partial charge in [-0.3, -0.25) is 0 Å². The molecule has 94 valence electrons. The number of hydrogen-bond acceptors (Lipinski definition) is 1. The van der Waals surface area contributed by atoms with Gasteiger partial charge in [-0.1, -0.05) is 44.9 Å². The van der Waals surface area contributed by atoms with E-state index < -0.39 is 0 Å². The zero-order valence-electron chi connectivity index (χ0n) is 11.0. The molecular formula is C15H29N. The minimum atomic E-state index is 0.770. The van der Waals surface area contributed by atoms with Gasteiger partial charge in [-0.05, 0) is 38.5 Å². The van der Waals surface area contributed by atoms with Gasteiger partial charge in [0.05, 0.1) is 0 Å². The maximum Gasteiger partial charge on any atom is 0.00696 e. The van der Waals surface area contributed by atoms with E-state index >= 15 is 0 Å². The first-order valence-corrected chi connectivity index (χ1v) is 7.62. The highest BCUT2D eigenvalue weighted by Crippen LogP contribution is 2.28. The molecule has 0 heterocycles. The summed E-state index contributed by atoms with van der Waals surface area (Å²) >= 11 is 0. The third-order valence-electron chi connectivity index (χ3n) is 4.71. The van der Waals surface area contributed by atoms with Gasteiger partial charge in [0, 0.05) is 12.1 Å². The average Bonchev–Trinajstić information content (AvgIpc) is 2.74. The lowest BCUT2D eigenvalue weighted by Crippen LogP contribution is -2.40. The van der Waals surface area contributed by atoms with E-state index in [-0.39, 0.29) is 0 Å². The molecule has 2 saturated carbocycles. The van der Waals surface area contributed by atoms with Gasteiger partial charge >= 0.3 is 0 Å². The second-order valence-electron chi connectivity index (χ2n) is 6.04. The molecule has 0 aromatic carbocycles. The number of nitrogens with one attached hydrogen (secondary N) is 1. The van der Waals surface area contributed by atoms with Gasteiger partial charge in [-0.2, -0.15) is 0 Å². The second kappa shape index (κ2) is 6.64. The molecule has 0 radical (unpaired) electrons. The van der Waals surface area contributed by atoms with Crippen LogP contribution in [0.3, 0.4) is 0 Å². The third kappa shape index (κ3) is 3.76. The van der Waals surface area contributed by atoms with Gasteiger partial charge in [0.25, 0.3) is 0 Å². The molecule has 0 aliphatic heterocycles. The molecule has 0 unspecified atom stereocenters. The van der Waals surface area contributed by atoms with Crippen LogP contribution in [0.1, 0.15) is 77.6 Å². The van der Waals surface area contributed by atoms with Gasteiger partial charge < -0.3 is 5.32 Å². The van der Waals surface area contributed by atoms with Gasteiger partial charge in [-0.15, -0.1) is 0 Å². The summed E-state index contributed by atoms with van der Waals surface area (Å²) in [4.78, 5) is 0. The zero-order valence-corrected chi connectivity index (χ0v) is 11.0. The largest absolute Gasteiger partial charge is 0.311 e. The van der Waals surface area contributed by atoms with Crippen LogP contribution < -0.4 is 5.32 Å². The van der Waals surface area contributed by atoms with Crippen LogP contribution in [0, 0.1) is 5.92 Å². The highest BCUT2D eigenvalue weighted by atomic mass is 14.9. The molecule has 16 heavy (non-hydrogen) atoms. The quantitative estimate of drug-likeness (QED) is 0.753. The van der Waals surface area contributed by atoms with E-state index in [1.165, 1.54) is 70.6 Å². The fourth-order valence-electron chi connectivity index (χ4n) is 3.59. The summed E-state index contributed by atoms with van der Waals surface area (Å²) in [6.45, 7) is 2.43. The second-order valence-corrected chi connectivity index (χ2v) is 6.04. The van der Waals surface area contributed by atoms with Crippen LogP contribution in [-0.4, -0.2) is 12.1 Å². The molecule has 0 bridgehead atoms. The summed E-state index contributed by atoms with van der Waals surface area (Å²) < 4.78 is 0. The predicted octanol–water partition coefficient (Wildman–Crippen LogP) is 4.27. The Morgan fingerprint density at radius 3 is 1.88 bits per heavy atom. The SMILES string of the molecule is C[C@@H](NC1CCCCCCC1)C1CCCC1. The van der Waals surface area contributed by atoms with E-state index in [4.69, 9.17) is 0 Å². The molecule has 0 aromatic heterocycles. The monoisotopic (exact) mass is 223 g/mol. The van der Waals surface area contributed by atoms with E-state index in [2.05, 4.69) is 12.2 Å². The first-order chi connectivity index (χ1) is 7.86. The lowest BCUT2D eigenvalue weighted by Gasteiger charge is -2.28. The topological polar surface area (TPSA) is 12.0 Å². The van der Waals surface area contributed by atoms with Crippen LogP contribution in [0.25, 0.3) is 0 Å². The van der Waals surface area contributed by atoms with Crippen molar-refractivity contribution in [1.82, 2.24) is 5.32 Å². The fourth-order valence-corrected chi connectivity index (χ4v) is 3.59. The molecule has 1 N–H and O–H groups in total. The molecular weight excluding hydrogens is 194 g/mol. The summed E-state index contributed by atoms with van der Waals surface area (Å²) in [6, 6.07) is 1.60. The van der Waals surface area contributed by atoms with E-state index in [0.717, 1.165) is 18.0 Å². The Morgan fingerprint density at radius 1 is 0.750 bits per heavy atom. The van der Waals surface area contributed by atoms with Crippen molar-refractivity contribution < 1.29 is 0 Å². The fraction of sp³-hybridized carbons (Fsp3) is 1.00. The summed E-state index contributed by atoms with van der Waals surface area (Å²) in [5, 5.41) is 3.93. The van der Waals surface area contributed by atoms with E-state index in [0.29, 0.717) is 0 Å². The summed E-state index contributed by atoms with van der Waals surface area (Å²) in [5.41, 5.74) is 0. The first-order valence-electron chi connectivity index (χ1n) is 7.62. The third-order valence-corrected chi connectivity index (χ3v) is 4.71. The number of hydrogen-bond donors (Lipinski definition) is 1. The standard InChI is InChI=1S/C15H29N/c1-13(14-9-7-8-10-14)16-15-11-5-3-2-4-6-12-15/h13-16H,2-12H2,1H3/t13-/m1/s1. The van der Waals surface area contributed by atoms with Crippen LogP contribution in [0.5, 0.6) is 0 Å². The molecule has 2 fully saturated rings. The average molecular weight is 223 g/mol. The minimum Gasteiger partial charge on any atom is -0.311 e. The van der Waals surface area contributed by atoms with Crippen LogP contribution in [0.4, 0.5) is 0 Å². The van der Waals surface area contributed by atoms with Gasteiger partial charge in [0.1, 0.15) is 0 Å². The van der Waals surface area contributed by atoms with Crippen molar-refractivity contribution in [2.45, 2.75) is 89.6 Å². The number of rotatable bonds is 3. The maximum absolute atomic E-state index is 3.93. The van der Waals surface area contributed by atoms with Crippen LogP contribution in [-0.2, 0) is 0 Å². The van der Waals surface area contributed by atoms with Crippen LogP contribution in [0.15, 0.2) is 0 Å². The summed E-state index contributed by atoms with van der Waals surface area (Å²) in [6.07, 6.45) is 16.1. The summed E-state index contributed by atoms with van der Waals surface area (Å²) in [5.74, 6) is 0.977. The molecule has 1 nitrogen and oxygen atoms in total. The van der Waals surface area contributed by atoms with Crippen LogP contribution in [0.2, 0.25) is 0 Å². The van der Waals surface area contributed by atoms with Crippen molar-refractivity contribution >= 4 is 0 Å². The molecule has 0 spiro atoms. The van der Waals surface area contributed by atoms with Crippen molar-refractivity contribution in [3.63, 3.8) is 0 Å². The zero-order chi connectivity index (χ0) is 11.2. The molecule has 2 aliphatic rings. The van der Waals surface area contributed by atoms with Crippen molar-refractivity contribution in [2.24, 2.45) is 5.92 Å². The highest BCUT2D eigenvalue weighted by Gasteiger charge is 2.23. The molecule has 2 rings (SSSR count). The molecule has 1 atom stereocenters. The van der Waals surface area contributed by atoms with Crippen LogP contribution >= 0.6 is 0 Å². The van der Waals surface area contributed by atoms with E-state index in [1.54, 1.807) is 0 Å². The molecule has 0 amide bonds. The molecule has 0 aromatic rings. The van der Waals surface area contributed by atoms with Crippen molar-refractivity contribution in [2.75, 3.05) is 0 Å². The Balaban J connectivity index is 1.73. The van der Waals surface area contributed by atoms with Gasteiger partial charge in [-0.25, -0.2) is 0 Å². The summed E-state index contributed by atoms with van der Waals surface area (Å²) in [7, 11) is 0. The van der Waals surface area contributed by atoms with Crippen molar-refractivity contribution in [1.29, 1.82) is 0 Å². The van der Waals surface area contributed by atoms with Gasteiger partial charge in [0.2, 0.25) is 0 Å². The molecule has 0 saturated heterocycles. The van der Waals surface area contributed by atoms with Crippen molar-refractivity contribution in [3.8, 4) is 0 Å². The Bertz CT molecular complexity index is 176. The minimum absolute atomic E-state index is 0.770. The smallest absolute Gasteiger partial charge is 0.00696 e. The Kier molecular flexibility index (Phi) is 5.15. The molecule has 2 aliphatic carbocycles.